The predicted octanol–water partition coefficient (Wildman–Crippen LogP) is 4.21. The van der Waals surface area contributed by atoms with E-state index in [-0.39, 0.29) is 36.3 Å². The first-order valence-electron chi connectivity index (χ1n) is 10.9. The van der Waals surface area contributed by atoms with Crippen LogP contribution in [0, 0.1) is 0 Å². The molecule has 1 N–H and O–H groups in total. The molecule has 1 saturated carbocycles. The lowest BCUT2D eigenvalue weighted by Crippen LogP contribution is -2.57. The largest absolute Gasteiger partial charge is 0.482 e. The Hall–Kier alpha value is -2.79. The van der Waals surface area contributed by atoms with Crippen LogP contribution in [-0.2, 0) is 20.7 Å². The normalized spacial score (nSPS) is 22.0. The molecule has 4 rings (SSSR count). The number of morpholine rings is 1. The Balaban J connectivity index is 1.44. The van der Waals surface area contributed by atoms with Gasteiger partial charge in [-0.3, -0.25) is 9.59 Å². The van der Waals surface area contributed by atoms with E-state index >= 15 is 0 Å². The first kappa shape index (κ1) is 21.4. The van der Waals surface area contributed by atoms with E-state index in [2.05, 4.69) is 5.32 Å². The maximum Gasteiger partial charge on any atom is 0.289 e. The van der Waals surface area contributed by atoms with Crippen molar-refractivity contribution in [2.75, 3.05) is 13.1 Å². The van der Waals surface area contributed by atoms with Crippen LogP contribution in [-0.4, -0.2) is 41.9 Å². The van der Waals surface area contributed by atoms with E-state index in [0.717, 1.165) is 37.7 Å². The van der Waals surface area contributed by atoms with E-state index in [9.17, 15) is 9.59 Å². The van der Waals surface area contributed by atoms with Crippen molar-refractivity contribution >= 4 is 29.5 Å². The van der Waals surface area contributed by atoms with Gasteiger partial charge in [0.1, 0.15) is 12.6 Å². The fraction of sp³-hybridized carbons (Fsp3) is 0.360. The van der Waals surface area contributed by atoms with Crippen LogP contribution in [0.5, 0.6) is 0 Å². The van der Waals surface area contributed by atoms with Gasteiger partial charge < -0.3 is 15.0 Å². The molecule has 2 fully saturated rings. The molecule has 2 atom stereocenters. The number of nitrogens with one attached hydrogen (secondary N) is 1. The molecule has 1 heterocycles. The highest BCUT2D eigenvalue weighted by Gasteiger charge is 2.42. The summed E-state index contributed by atoms with van der Waals surface area (Å²) in [5.74, 6) is -0.0959. The van der Waals surface area contributed by atoms with Crippen molar-refractivity contribution in [2.45, 2.75) is 44.2 Å². The Morgan fingerprint density at radius 2 is 1.94 bits per heavy atom. The van der Waals surface area contributed by atoms with Gasteiger partial charge in [0.25, 0.3) is 5.91 Å². The summed E-state index contributed by atoms with van der Waals surface area (Å²) < 4.78 is 6.09. The minimum absolute atomic E-state index is 0.0467. The second kappa shape index (κ2) is 10.0. The highest BCUT2D eigenvalue weighted by Crippen LogP contribution is 2.33. The van der Waals surface area contributed by atoms with Crippen molar-refractivity contribution in [3.05, 3.63) is 76.5 Å². The number of carbonyl (C=O) groups excluding carboxylic acids is 2. The monoisotopic (exact) mass is 438 g/mol. The van der Waals surface area contributed by atoms with Crippen molar-refractivity contribution in [2.24, 2.45) is 0 Å². The number of amides is 2. The zero-order valence-corrected chi connectivity index (χ0v) is 18.2. The average Bonchev–Trinajstić information content (AvgIpc) is 2.77. The zero-order valence-electron chi connectivity index (χ0n) is 17.4. The maximum atomic E-state index is 13.2. The summed E-state index contributed by atoms with van der Waals surface area (Å²) in [6.45, 7) is 0.589. The Kier molecular flexibility index (Phi) is 6.92. The maximum absolute atomic E-state index is 13.2. The van der Waals surface area contributed by atoms with Gasteiger partial charge in [0.2, 0.25) is 5.91 Å². The molecule has 6 heteroatoms. The number of ether oxygens (including phenoxy) is 1. The number of rotatable bonds is 6. The molecule has 162 valence electrons. The van der Waals surface area contributed by atoms with Gasteiger partial charge in [0.05, 0.1) is 6.04 Å². The molecule has 2 unspecified atom stereocenters. The molecular weight excluding hydrogens is 412 g/mol. The molecule has 1 saturated heterocycles. The van der Waals surface area contributed by atoms with Gasteiger partial charge in [-0.25, -0.2) is 0 Å². The Labute approximate surface area is 188 Å². The SMILES string of the molecule is O=C(CN1C(=O)/C(=C\c2cccc(Cl)c2)OC2CCCCC21)NCCc1ccccc1. The second-order valence-corrected chi connectivity index (χ2v) is 8.53. The van der Waals surface area contributed by atoms with Crippen LogP contribution < -0.4 is 5.32 Å². The number of hydrogen-bond acceptors (Lipinski definition) is 3. The molecule has 2 amide bonds. The van der Waals surface area contributed by atoms with Crippen molar-refractivity contribution < 1.29 is 14.3 Å². The molecule has 2 aromatic carbocycles. The fourth-order valence-corrected chi connectivity index (χ4v) is 4.51. The zero-order chi connectivity index (χ0) is 21.6. The van der Waals surface area contributed by atoms with E-state index in [1.165, 1.54) is 5.56 Å². The van der Waals surface area contributed by atoms with Gasteiger partial charge in [0.15, 0.2) is 5.76 Å². The van der Waals surface area contributed by atoms with Crippen molar-refractivity contribution in [3.8, 4) is 0 Å². The van der Waals surface area contributed by atoms with Gasteiger partial charge in [-0.2, -0.15) is 0 Å². The standard InChI is InChI=1S/C25H27ClN2O3/c26-20-10-6-9-19(15-20)16-23-25(30)28(21-11-4-5-12-22(21)31-23)17-24(29)27-14-13-18-7-2-1-3-8-18/h1-3,6-10,15-16,21-22H,4-5,11-14,17H2,(H,27,29)/b23-16+. The average molecular weight is 439 g/mol. The number of fused-ring (bicyclic) bond motifs is 1. The van der Waals surface area contributed by atoms with E-state index in [0.29, 0.717) is 11.6 Å². The Bertz CT molecular complexity index is 960. The lowest BCUT2D eigenvalue weighted by molar-refractivity contribution is -0.151. The third kappa shape index (κ3) is 5.47. The van der Waals surface area contributed by atoms with Crippen LogP contribution in [0.15, 0.2) is 60.4 Å². The van der Waals surface area contributed by atoms with Gasteiger partial charge in [-0.15, -0.1) is 0 Å². The number of hydrogen-bond donors (Lipinski definition) is 1. The molecule has 5 nitrogen and oxygen atoms in total. The lowest BCUT2D eigenvalue weighted by Gasteiger charge is -2.44. The summed E-state index contributed by atoms with van der Waals surface area (Å²) in [5.41, 5.74) is 1.97. The lowest BCUT2D eigenvalue weighted by atomic mass is 9.89. The summed E-state index contributed by atoms with van der Waals surface area (Å²) in [4.78, 5) is 27.6. The number of benzene rings is 2. The second-order valence-electron chi connectivity index (χ2n) is 8.09. The summed E-state index contributed by atoms with van der Waals surface area (Å²) in [7, 11) is 0. The number of nitrogens with zero attached hydrogens (tertiary/aromatic N) is 1. The van der Waals surface area contributed by atoms with Crippen LogP contribution in [0.1, 0.15) is 36.8 Å². The quantitative estimate of drug-likeness (QED) is 0.687. The molecule has 1 aliphatic heterocycles. The molecule has 0 spiro atoms. The van der Waals surface area contributed by atoms with Crippen molar-refractivity contribution in [1.82, 2.24) is 10.2 Å². The molecular formula is C25H27ClN2O3. The Morgan fingerprint density at radius 1 is 1.13 bits per heavy atom. The molecule has 0 radical (unpaired) electrons. The molecule has 1 aliphatic carbocycles. The van der Waals surface area contributed by atoms with Crippen LogP contribution in [0.2, 0.25) is 5.02 Å². The van der Waals surface area contributed by atoms with E-state index in [4.69, 9.17) is 16.3 Å². The van der Waals surface area contributed by atoms with Crippen LogP contribution in [0.3, 0.4) is 0 Å². The fourth-order valence-electron chi connectivity index (χ4n) is 4.31. The van der Waals surface area contributed by atoms with Gasteiger partial charge in [-0.05, 0) is 55.0 Å². The highest BCUT2D eigenvalue weighted by atomic mass is 35.5. The summed E-state index contributed by atoms with van der Waals surface area (Å²) in [6.07, 6.45) is 6.26. The van der Waals surface area contributed by atoms with Crippen LogP contribution in [0.25, 0.3) is 6.08 Å². The number of carbonyl (C=O) groups is 2. The molecule has 2 aliphatic rings. The van der Waals surface area contributed by atoms with E-state index < -0.39 is 0 Å². The summed E-state index contributed by atoms with van der Waals surface area (Å²) >= 11 is 6.08. The topological polar surface area (TPSA) is 58.6 Å². The van der Waals surface area contributed by atoms with Crippen molar-refractivity contribution in [1.29, 1.82) is 0 Å². The molecule has 0 bridgehead atoms. The van der Waals surface area contributed by atoms with Crippen LogP contribution in [0.4, 0.5) is 0 Å². The van der Waals surface area contributed by atoms with E-state index in [1.54, 1.807) is 23.1 Å². The third-order valence-electron chi connectivity index (χ3n) is 5.86. The van der Waals surface area contributed by atoms with Crippen LogP contribution >= 0.6 is 11.6 Å². The summed E-state index contributed by atoms with van der Waals surface area (Å²) in [5, 5.41) is 3.56. The van der Waals surface area contributed by atoms with Gasteiger partial charge in [0, 0.05) is 11.6 Å². The minimum Gasteiger partial charge on any atom is -0.482 e. The first-order valence-corrected chi connectivity index (χ1v) is 11.2. The smallest absolute Gasteiger partial charge is 0.289 e. The first-order chi connectivity index (χ1) is 15.1. The highest BCUT2D eigenvalue weighted by molar-refractivity contribution is 6.30. The predicted molar refractivity (Wildman–Crippen MR) is 121 cm³/mol. The van der Waals surface area contributed by atoms with Crippen molar-refractivity contribution in [3.63, 3.8) is 0 Å². The molecule has 2 aromatic rings. The number of halogens is 1. The third-order valence-corrected chi connectivity index (χ3v) is 6.09. The van der Waals surface area contributed by atoms with Gasteiger partial charge >= 0.3 is 0 Å². The van der Waals surface area contributed by atoms with E-state index in [1.807, 2.05) is 42.5 Å². The molecule has 31 heavy (non-hydrogen) atoms. The summed E-state index contributed by atoms with van der Waals surface area (Å²) in [6, 6.07) is 17.3. The molecule has 0 aromatic heterocycles. The van der Waals surface area contributed by atoms with Gasteiger partial charge in [-0.1, -0.05) is 60.5 Å². The Morgan fingerprint density at radius 3 is 2.74 bits per heavy atom. The minimum atomic E-state index is -0.235.